The number of anilines is 1. The van der Waals surface area contributed by atoms with E-state index < -0.39 is 0 Å². The maximum Gasteiger partial charge on any atom is 0.205 e. The minimum atomic E-state index is 0.491. The van der Waals surface area contributed by atoms with E-state index in [-0.39, 0.29) is 0 Å². The lowest BCUT2D eigenvalue weighted by Crippen LogP contribution is -2.40. The second-order valence-corrected chi connectivity index (χ2v) is 6.33. The van der Waals surface area contributed by atoms with E-state index in [2.05, 4.69) is 51.5 Å². The number of hydrogen-bond donors (Lipinski definition) is 0. The van der Waals surface area contributed by atoms with Crippen molar-refractivity contribution < 1.29 is 4.74 Å². The van der Waals surface area contributed by atoms with Crippen molar-refractivity contribution in [3.05, 3.63) is 41.7 Å². The van der Waals surface area contributed by atoms with Gasteiger partial charge in [-0.25, -0.2) is 4.98 Å². The SMILES string of the molecule is COCc1nsc(N2CC[C@H](c3ccccc3)C[C@@H]2C)n1. The Hall–Kier alpha value is -1.46. The number of hydrogen-bond acceptors (Lipinski definition) is 5. The second kappa shape index (κ2) is 6.54. The molecule has 1 saturated heterocycles. The number of methoxy groups -OCH3 is 1. The van der Waals surface area contributed by atoms with Gasteiger partial charge in [-0.05, 0) is 31.2 Å². The molecule has 5 heteroatoms. The zero-order valence-electron chi connectivity index (χ0n) is 12.5. The van der Waals surface area contributed by atoms with Gasteiger partial charge in [0.15, 0.2) is 5.82 Å². The van der Waals surface area contributed by atoms with Crippen molar-refractivity contribution in [2.75, 3.05) is 18.6 Å². The lowest BCUT2D eigenvalue weighted by molar-refractivity contribution is 0.179. The van der Waals surface area contributed by atoms with E-state index in [1.807, 2.05) is 0 Å². The Labute approximate surface area is 129 Å². The van der Waals surface area contributed by atoms with Crippen LogP contribution in [-0.4, -0.2) is 29.1 Å². The minimum Gasteiger partial charge on any atom is -0.377 e. The Morgan fingerprint density at radius 1 is 1.33 bits per heavy atom. The van der Waals surface area contributed by atoms with Crippen molar-refractivity contribution in [1.29, 1.82) is 0 Å². The molecule has 0 unspecified atom stereocenters. The summed E-state index contributed by atoms with van der Waals surface area (Å²) in [7, 11) is 1.68. The number of aromatic nitrogens is 2. The molecule has 1 aromatic heterocycles. The average Bonchev–Trinajstić information content (AvgIpc) is 2.97. The molecule has 0 aliphatic carbocycles. The maximum atomic E-state index is 5.09. The van der Waals surface area contributed by atoms with Crippen LogP contribution in [0, 0.1) is 0 Å². The van der Waals surface area contributed by atoms with E-state index in [1.54, 1.807) is 7.11 Å². The van der Waals surface area contributed by atoms with Gasteiger partial charge in [-0.3, -0.25) is 0 Å². The highest BCUT2D eigenvalue weighted by atomic mass is 32.1. The molecule has 1 aliphatic rings. The van der Waals surface area contributed by atoms with Gasteiger partial charge in [-0.2, -0.15) is 4.37 Å². The number of nitrogens with zero attached hydrogens (tertiary/aromatic N) is 3. The summed E-state index contributed by atoms with van der Waals surface area (Å²) in [6.45, 7) is 3.82. The Bertz CT molecular complexity index is 572. The van der Waals surface area contributed by atoms with Crippen LogP contribution in [0.15, 0.2) is 30.3 Å². The molecule has 112 valence electrons. The molecule has 0 amide bonds. The molecule has 4 nitrogen and oxygen atoms in total. The largest absolute Gasteiger partial charge is 0.377 e. The minimum absolute atomic E-state index is 0.491. The molecule has 3 rings (SSSR count). The third-order valence-corrected chi connectivity index (χ3v) is 4.91. The van der Waals surface area contributed by atoms with Gasteiger partial charge in [0.2, 0.25) is 5.13 Å². The van der Waals surface area contributed by atoms with E-state index in [4.69, 9.17) is 4.74 Å². The smallest absolute Gasteiger partial charge is 0.205 e. The summed E-state index contributed by atoms with van der Waals surface area (Å²) in [5, 5.41) is 1.03. The summed E-state index contributed by atoms with van der Waals surface area (Å²) in [5.74, 6) is 1.44. The van der Waals surface area contributed by atoms with Gasteiger partial charge in [0, 0.05) is 31.2 Å². The zero-order chi connectivity index (χ0) is 14.7. The fraction of sp³-hybridized carbons (Fsp3) is 0.500. The molecule has 0 bridgehead atoms. The molecule has 2 aromatic rings. The molecule has 21 heavy (non-hydrogen) atoms. The predicted octanol–water partition coefficient (Wildman–Crippen LogP) is 3.46. The highest BCUT2D eigenvalue weighted by molar-refractivity contribution is 7.09. The summed E-state index contributed by atoms with van der Waals surface area (Å²) < 4.78 is 9.45. The summed E-state index contributed by atoms with van der Waals surface area (Å²) in [5.41, 5.74) is 1.46. The van der Waals surface area contributed by atoms with Gasteiger partial charge in [0.25, 0.3) is 0 Å². The van der Waals surface area contributed by atoms with Crippen molar-refractivity contribution in [3.8, 4) is 0 Å². The molecule has 2 heterocycles. The predicted molar refractivity (Wildman–Crippen MR) is 85.8 cm³/mol. The lowest BCUT2D eigenvalue weighted by Gasteiger charge is -2.37. The first-order valence-electron chi connectivity index (χ1n) is 7.41. The fourth-order valence-corrected chi connectivity index (χ4v) is 3.84. The number of rotatable bonds is 4. The molecule has 0 spiro atoms. The van der Waals surface area contributed by atoms with Crippen molar-refractivity contribution in [2.24, 2.45) is 0 Å². The van der Waals surface area contributed by atoms with Crippen LogP contribution in [0.3, 0.4) is 0 Å². The van der Waals surface area contributed by atoms with Crippen molar-refractivity contribution in [1.82, 2.24) is 9.36 Å². The van der Waals surface area contributed by atoms with E-state index in [1.165, 1.54) is 29.9 Å². The van der Waals surface area contributed by atoms with Crippen LogP contribution in [-0.2, 0) is 11.3 Å². The zero-order valence-corrected chi connectivity index (χ0v) is 13.3. The summed E-state index contributed by atoms with van der Waals surface area (Å²) in [6.07, 6.45) is 2.34. The van der Waals surface area contributed by atoms with Gasteiger partial charge in [0.05, 0.1) is 0 Å². The Morgan fingerprint density at radius 2 is 2.14 bits per heavy atom. The summed E-state index contributed by atoms with van der Waals surface area (Å²) in [6, 6.07) is 11.3. The number of benzene rings is 1. The van der Waals surface area contributed by atoms with Gasteiger partial charge in [0.1, 0.15) is 6.61 Å². The Morgan fingerprint density at radius 3 is 2.86 bits per heavy atom. The molecule has 1 fully saturated rings. The van der Waals surface area contributed by atoms with Crippen LogP contribution in [0.4, 0.5) is 5.13 Å². The van der Waals surface area contributed by atoms with Crippen LogP contribution in [0.25, 0.3) is 0 Å². The first-order valence-corrected chi connectivity index (χ1v) is 8.18. The van der Waals surface area contributed by atoms with Crippen LogP contribution in [0.2, 0.25) is 0 Å². The van der Waals surface area contributed by atoms with E-state index in [0.717, 1.165) is 17.5 Å². The average molecular weight is 303 g/mol. The number of ether oxygens (including phenoxy) is 1. The van der Waals surface area contributed by atoms with Crippen molar-refractivity contribution >= 4 is 16.7 Å². The van der Waals surface area contributed by atoms with Gasteiger partial charge in [-0.1, -0.05) is 30.3 Å². The monoisotopic (exact) mass is 303 g/mol. The molecule has 0 radical (unpaired) electrons. The van der Waals surface area contributed by atoms with Crippen LogP contribution < -0.4 is 4.90 Å². The normalized spacial score (nSPS) is 22.5. The third kappa shape index (κ3) is 3.24. The first-order chi connectivity index (χ1) is 10.3. The third-order valence-electron chi connectivity index (χ3n) is 4.12. The van der Waals surface area contributed by atoms with Gasteiger partial charge < -0.3 is 9.64 Å². The second-order valence-electron chi connectivity index (χ2n) is 5.60. The van der Waals surface area contributed by atoms with E-state index in [0.29, 0.717) is 18.6 Å². The Balaban J connectivity index is 1.68. The topological polar surface area (TPSA) is 38.2 Å². The number of piperidine rings is 1. The Kier molecular flexibility index (Phi) is 4.51. The van der Waals surface area contributed by atoms with Crippen molar-refractivity contribution in [2.45, 2.75) is 38.3 Å². The lowest BCUT2D eigenvalue weighted by atomic mass is 9.86. The standard InChI is InChI=1S/C16H21N3OS/c1-12-10-14(13-6-4-3-5-7-13)8-9-19(12)16-17-15(11-20-2)18-21-16/h3-7,12,14H,8-11H2,1-2H3/t12-,14-/m0/s1. The molecular formula is C16H21N3OS. The van der Waals surface area contributed by atoms with Crippen LogP contribution >= 0.6 is 11.5 Å². The molecule has 0 saturated carbocycles. The quantitative estimate of drug-likeness (QED) is 0.867. The van der Waals surface area contributed by atoms with Gasteiger partial charge in [-0.15, -0.1) is 0 Å². The van der Waals surface area contributed by atoms with E-state index in [9.17, 15) is 0 Å². The first kappa shape index (κ1) is 14.5. The van der Waals surface area contributed by atoms with E-state index >= 15 is 0 Å². The highest BCUT2D eigenvalue weighted by Crippen LogP contribution is 2.34. The summed E-state index contributed by atoms with van der Waals surface area (Å²) >= 11 is 1.48. The van der Waals surface area contributed by atoms with Crippen LogP contribution in [0.1, 0.15) is 37.1 Å². The maximum absolute atomic E-state index is 5.09. The van der Waals surface area contributed by atoms with Crippen molar-refractivity contribution in [3.63, 3.8) is 0 Å². The van der Waals surface area contributed by atoms with Gasteiger partial charge >= 0.3 is 0 Å². The molecular weight excluding hydrogens is 282 g/mol. The fourth-order valence-electron chi connectivity index (χ4n) is 3.03. The molecule has 1 aliphatic heterocycles. The molecule has 1 aromatic carbocycles. The van der Waals surface area contributed by atoms with Crippen LogP contribution in [0.5, 0.6) is 0 Å². The summed E-state index contributed by atoms with van der Waals surface area (Å²) in [4.78, 5) is 6.97. The highest BCUT2D eigenvalue weighted by Gasteiger charge is 2.28. The molecule has 2 atom stereocenters. The molecule has 0 N–H and O–H groups in total.